The van der Waals surface area contributed by atoms with Crippen LogP contribution in [-0.2, 0) is 83.2 Å². The standard InChI is InChI=1S/C15H22O9S.C2H5.Hg/c1-7(16)20-5-11-13(21-8(2)17)15(23-10(4)19)14(22-9(3)18)12(6-25)24-11;1-2;/h11-15,25H,5-6H2,1-4H3;1H2,2H3;/q;-1;+2/p-1. The fraction of sp³-hybridized carbons (Fsp3) is 0.706. The van der Waals surface area contributed by atoms with Crippen molar-refractivity contribution in [2.45, 2.75) is 65.1 Å². The molecule has 0 bridgehead atoms. The Kier molecular flexibility index (Phi) is 15.7. The summed E-state index contributed by atoms with van der Waals surface area (Å²) in [4.78, 5) is 45.4. The maximum atomic E-state index is 11.5. The molecule has 1 aliphatic heterocycles. The van der Waals surface area contributed by atoms with Gasteiger partial charge in [0, 0.05) is 27.7 Å². The molecule has 1 heterocycles. The van der Waals surface area contributed by atoms with E-state index >= 15 is 0 Å². The number of hydrogen-bond donors (Lipinski definition) is 0. The van der Waals surface area contributed by atoms with E-state index in [1.54, 1.807) is 6.92 Å². The van der Waals surface area contributed by atoms with Crippen LogP contribution in [0.1, 0.15) is 34.6 Å². The van der Waals surface area contributed by atoms with Crippen LogP contribution in [0.25, 0.3) is 0 Å². The molecule has 0 radical (unpaired) electrons. The van der Waals surface area contributed by atoms with Crippen LogP contribution in [0, 0.1) is 6.92 Å². The van der Waals surface area contributed by atoms with E-state index in [1.165, 1.54) is 13.8 Å². The van der Waals surface area contributed by atoms with E-state index < -0.39 is 54.4 Å². The van der Waals surface area contributed by atoms with E-state index in [9.17, 15) is 19.2 Å². The van der Waals surface area contributed by atoms with E-state index in [2.05, 4.69) is 6.92 Å². The third kappa shape index (κ3) is 10.1. The van der Waals surface area contributed by atoms with Crippen molar-refractivity contribution in [3.63, 3.8) is 0 Å². The van der Waals surface area contributed by atoms with Crippen molar-refractivity contribution in [1.82, 2.24) is 0 Å². The molecule has 9 nitrogen and oxygen atoms in total. The molecule has 0 saturated carbocycles. The minimum absolute atomic E-state index is 0. The summed E-state index contributed by atoms with van der Waals surface area (Å²) >= 11 is 5.01. The zero-order valence-electron chi connectivity index (χ0n) is 16.8. The monoisotopic (exact) mass is 608 g/mol. The largest absolute Gasteiger partial charge is 2.00 e. The fourth-order valence-corrected chi connectivity index (χ4v) is 2.72. The maximum Gasteiger partial charge on any atom is 2.00 e. The molecular formula is C17H26HgO9S. The Morgan fingerprint density at radius 1 is 0.786 bits per heavy atom. The summed E-state index contributed by atoms with van der Waals surface area (Å²) in [5, 5.41) is 0. The summed E-state index contributed by atoms with van der Waals surface area (Å²) in [7, 11) is 0. The van der Waals surface area contributed by atoms with Gasteiger partial charge in [-0.2, -0.15) is 6.92 Å². The molecule has 0 aromatic rings. The second-order valence-corrected chi connectivity index (χ2v) is 5.74. The van der Waals surface area contributed by atoms with Crippen LogP contribution in [0.15, 0.2) is 0 Å². The Balaban J connectivity index is 0. The maximum absolute atomic E-state index is 11.5. The molecule has 1 saturated heterocycles. The van der Waals surface area contributed by atoms with Gasteiger partial charge < -0.3 is 43.2 Å². The van der Waals surface area contributed by atoms with Crippen LogP contribution < -0.4 is 0 Å². The SMILES string of the molecule is CC(=O)OCC1OC(C[S-])C(OC(C)=O)C(OC(C)=O)C1OC(C)=O.[CH2-]C.[Hg+2]. The van der Waals surface area contributed by atoms with Gasteiger partial charge in [0.25, 0.3) is 0 Å². The van der Waals surface area contributed by atoms with E-state index in [0.29, 0.717) is 0 Å². The first-order chi connectivity index (χ1) is 12.6. The summed E-state index contributed by atoms with van der Waals surface area (Å²) < 4.78 is 26.2. The molecule has 0 amide bonds. The van der Waals surface area contributed by atoms with Gasteiger partial charge in [0.1, 0.15) is 12.7 Å². The molecule has 0 aromatic heterocycles. The van der Waals surface area contributed by atoms with Crippen molar-refractivity contribution in [3.05, 3.63) is 6.92 Å². The van der Waals surface area contributed by atoms with Crippen LogP contribution in [-0.4, -0.2) is 66.8 Å². The van der Waals surface area contributed by atoms with Crippen LogP contribution >= 0.6 is 0 Å². The molecule has 156 valence electrons. The predicted molar refractivity (Wildman–Crippen MR) is 95.2 cm³/mol. The number of carbonyl (C=O) groups excluding carboxylic acids is 4. The van der Waals surface area contributed by atoms with Gasteiger partial charge in [0.05, 0.1) is 6.10 Å². The quantitative estimate of drug-likeness (QED) is 0.139. The van der Waals surface area contributed by atoms with E-state index in [1.807, 2.05) is 0 Å². The molecule has 11 heteroatoms. The third-order valence-electron chi connectivity index (χ3n) is 3.25. The molecular weight excluding hydrogens is 581 g/mol. The number of esters is 4. The second-order valence-electron chi connectivity index (χ2n) is 5.40. The molecule has 5 unspecified atom stereocenters. The normalized spacial score (nSPS) is 25.8. The number of rotatable bonds is 6. The predicted octanol–water partition coefficient (Wildman–Crippen LogP) is 0.497. The van der Waals surface area contributed by atoms with Crippen LogP contribution in [0.4, 0.5) is 0 Å². The van der Waals surface area contributed by atoms with Crippen LogP contribution in [0.5, 0.6) is 0 Å². The number of hydrogen-bond acceptors (Lipinski definition) is 10. The minimum atomic E-state index is -1.15. The smallest absolute Gasteiger partial charge is 0.790 e. The van der Waals surface area contributed by atoms with Crippen molar-refractivity contribution in [2.75, 3.05) is 12.4 Å². The van der Waals surface area contributed by atoms with Gasteiger partial charge >= 0.3 is 51.5 Å². The Bertz CT molecular complexity index is 529. The minimum Gasteiger partial charge on any atom is -0.790 e. The zero-order chi connectivity index (χ0) is 21.1. The summed E-state index contributed by atoms with van der Waals surface area (Å²) in [5.41, 5.74) is 0. The van der Waals surface area contributed by atoms with Gasteiger partial charge in [-0.15, -0.1) is 5.75 Å². The Hall–Kier alpha value is -0.875. The van der Waals surface area contributed by atoms with Gasteiger partial charge in [-0.05, 0) is 0 Å². The van der Waals surface area contributed by atoms with E-state index in [4.69, 9.17) is 36.3 Å². The number of carbonyl (C=O) groups is 4. The van der Waals surface area contributed by atoms with Crippen molar-refractivity contribution in [1.29, 1.82) is 0 Å². The molecule has 0 N–H and O–H groups in total. The van der Waals surface area contributed by atoms with Crippen molar-refractivity contribution in [3.8, 4) is 0 Å². The van der Waals surface area contributed by atoms with Crippen molar-refractivity contribution < 1.29 is 70.5 Å². The first kappa shape index (κ1) is 29.3. The van der Waals surface area contributed by atoms with E-state index in [-0.39, 0.29) is 40.0 Å². The molecule has 1 aliphatic rings. The molecule has 0 spiro atoms. The molecule has 28 heavy (non-hydrogen) atoms. The van der Waals surface area contributed by atoms with E-state index in [0.717, 1.165) is 13.8 Å². The molecule has 0 aliphatic carbocycles. The average molecular weight is 607 g/mol. The van der Waals surface area contributed by atoms with Gasteiger partial charge in [0.2, 0.25) is 0 Å². The zero-order valence-corrected chi connectivity index (χ0v) is 23.1. The second kappa shape index (κ2) is 15.0. The van der Waals surface area contributed by atoms with Gasteiger partial charge in [-0.1, -0.05) is 0 Å². The Labute approximate surface area is 191 Å². The van der Waals surface area contributed by atoms with Gasteiger partial charge in [-0.25, -0.2) is 0 Å². The molecule has 1 fully saturated rings. The summed E-state index contributed by atoms with van der Waals surface area (Å²) in [6.07, 6.45) is -5.08. The first-order valence-corrected chi connectivity index (χ1v) is 8.82. The van der Waals surface area contributed by atoms with Crippen LogP contribution in [0.3, 0.4) is 0 Å². The van der Waals surface area contributed by atoms with Crippen molar-refractivity contribution in [2.24, 2.45) is 0 Å². The first-order valence-electron chi connectivity index (χ1n) is 8.25. The average Bonchev–Trinajstić information content (AvgIpc) is 2.57. The summed E-state index contributed by atoms with van der Waals surface area (Å²) in [5.74, 6) is -2.53. The van der Waals surface area contributed by atoms with Gasteiger partial charge in [-0.3, -0.25) is 19.2 Å². The summed E-state index contributed by atoms with van der Waals surface area (Å²) in [6, 6.07) is 0. The van der Waals surface area contributed by atoms with Crippen LogP contribution in [0.2, 0.25) is 0 Å². The van der Waals surface area contributed by atoms with Crippen molar-refractivity contribution >= 4 is 36.5 Å². The molecule has 0 aromatic carbocycles. The number of ether oxygens (including phenoxy) is 5. The summed E-state index contributed by atoms with van der Waals surface area (Å²) in [6.45, 7) is 9.46. The topological polar surface area (TPSA) is 114 Å². The third-order valence-corrected chi connectivity index (χ3v) is 3.58. The fourth-order valence-electron chi connectivity index (χ4n) is 2.45. The Morgan fingerprint density at radius 3 is 1.54 bits per heavy atom. The van der Waals surface area contributed by atoms with Gasteiger partial charge in [0.15, 0.2) is 18.3 Å². The molecule has 1 rings (SSSR count). The Morgan fingerprint density at radius 2 is 1.18 bits per heavy atom. The molecule has 5 atom stereocenters.